The molecule has 0 radical (unpaired) electrons. The van der Waals surface area contributed by atoms with Crippen LogP contribution in [-0.2, 0) is 25.8 Å². The second-order valence-corrected chi connectivity index (χ2v) is 3.78. The summed E-state index contributed by atoms with van der Waals surface area (Å²) < 4.78 is 2.37. The first kappa shape index (κ1) is 12.2. The van der Waals surface area contributed by atoms with Gasteiger partial charge in [0.1, 0.15) is 5.82 Å². The zero-order valence-electron chi connectivity index (χ0n) is 10.2. The molecule has 15 heavy (non-hydrogen) atoms. The summed E-state index contributed by atoms with van der Waals surface area (Å²) in [6, 6.07) is 0. The number of hydrogen-bond donors (Lipinski definition) is 1. The van der Waals surface area contributed by atoms with Gasteiger partial charge < -0.3 is 10.3 Å². The van der Waals surface area contributed by atoms with Crippen molar-refractivity contribution in [1.29, 1.82) is 0 Å². The zero-order valence-corrected chi connectivity index (χ0v) is 10.2. The van der Waals surface area contributed by atoms with E-state index >= 15 is 0 Å². The molecule has 0 saturated heterocycles. The van der Waals surface area contributed by atoms with Crippen LogP contribution in [0.15, 0.2) is 0 Å². The summed E-state index contributed by atoms with van der Waals surface area (Å²) in [5.74, 6) is 1.22. The Morgan fingerprint density at radius 1 is 1.13 bits per heavy atom. The minimum atomic E-state index is 0.756. The van der Waals surface area contributed by atoms with Gasteiger partial charge in [0.15, 0.2) is 0 Å². The van der Waals surface area contributed by atoms with Gasteiger partial charge in [0.25, 0.3) is 0 Å². The SMILES string of the molecule is CCc1nc(CC)n(CCCN)c1CC. The van der Waals surface area contributed by atoms with Crippen LogP contribution in [0.1, 0.15) is 44.4 Å². The monoisotopic (exact) mass is 209 g/mol. The highest BCUT2D eigenvalue weighted by Crippen LogP contribution is 2.15. The van der Waals surface area contributed by atoms with Crippen molar-refractivity contribution in [1.82, 2.24) is 9.55 Å². The van der Waals surface area contributed by atoms with E-state index in [2.05, 4.69) is 25.3 Å². The lowest BCUT2D eigenvalue weighted by atomic mass is 10.2. The molecule has 0 aliphatic carbocycles. The van der Waals surface area contributed by atoms with Crippen molar-refractivity contribution in [2.75, 3.05) is 6.54 Å². The second kappa shape index (κ2) is 5.91. The van der Waals surface area contributed by atoms with E-state index in [9.17, 15) is 0 Å². The quantitative estimate of drug-likeness (QED) is 0.778. The highest BCUT2D eigenvalue weighted by molar-refractivity contribution is 5.17. The molecule has 3 heteroatoms. The van der Waals surface area contributed by atoms with Gasteiger partial charge in [0.05, 0.1) is 5.69 Å². The molecule has 1 rings (SSSR count). The molecule has 0 aromatic carbocycles. The van der Waals surface area contributed by atoms with Crippen molar-refractivity contribution in [2.45, 2.75) is 53.0 Å². The number of imidazole rings is 1. The lowest BCUT2D eigenvalue weighted by Gasteiger charge is -2.09. The average molecular weight is 209 g/mol. The fourth-order valence-corrected chi connectivity index (χ4v) is 2.05. The van der Waals surface area contributed by atoms with E-state index in [0.717, 1.165) is 38.8 Å². The molecule has 1 aromatic rings. The van der Waals surface area contributed by atoms with Crippen LogP contribution in [0.25, 0.3) is 0 Å². The maximum Gasteiger partial charge on any atom is 0.108 e. The molecule has 0 atom stereocenters. The van der Waals surface area contributed by atoms with Gasteiger partial charge in [-0.25, -0.2) is 4.98 Å². The Labute approximate surface area is 92.7 Å². The van der Waals surface area contributed by atoms with Gasteiger partial charge in [0.2, 0.25) is 0 Å². The van der Waals surface area contributed by atoms with Crippen LogP contribution in [-0.4, -0.2) is 16.1 Å². The number of hydrogen-bond acceptors (Lipinski definition) is 2. The molecular weight excluding hydrogens is 186 g/mol. The van der Waals surface area contributed by atoms with Crippen LogP contribution in [0.3, 0.4) is 0 Å². The first-order valence-electron chi connectivity index (χ1n) is 6.05. The third-order valence-electron chi connectivity index (χ3n) is 2.81. The number of nitrogens with zero attached hydrogens (tertiary/aromatic N) is 2. The zero-order chi connectivity index (χ0) is 11.3. The van der Waals surface area contributed by atoms with Gasteiger partial charge in [-0.3, -0.25) is 0 Å². The topological polar surface area (TPSA) is 43.8 Å². The predicted molar refractivity (Wildman–Crippen MR) is 64.0 cm³/mol. The molecule has 0 spiro atoms. The molecule has 0 aliphatic rings. The molecule has 0 amide bonds. The molecule has 3 nitrogen and oxygen atoms in total. The molecule has 0 saturated carbocycles. The largest absolute Gasteiger partial charge is 0.332 e. The number of aromatic nitrogens is 2. The standard InChI is InChI=1S/C12H23N3/c1-4-10-11(5-2)15(9-7-8-13)12(6-3)14-10/h4-9,13H2,1-3H3. The first-order chi connectivity index (χ1) is 7.28. The van der Waals surface area contributed by atoms with Crippen LogP contribution in [0.5, 0.6) is 0 Å². The molecule has 0 aliphatic heterocycles. The van der Waals surface area contributed by atoms with E-state index in [1.165, 1.54) is 17.2 Å². The lowest BCUT2D eigenvalue weighted by Crippen LogP contribution is -2.11. The average Bonchev–Trinajstić information content (AvgIpc) is 2.62. The Kier molecular flexibility index (Phi) is 4.82. The van der Waals surface area contributed by atoms with Gasteiger partial charge in [0, 0.05) is 18.7 Å². The maximum atomic E-state index is 5.56. The molecule has 0 fully saturated rings. The Bertz CT molecular complexity index is 302. The van der Waals surface area contributed by atoms with Crippen LogP contribution in [0.2, 0.25) is 0 Å². The Morgan fingerprint density at radius 3 is 2.33 bits per heavy atom. The summed E-state index contributed by atoms with van der Waals surface area (Å²) in [7, 11) is 0. The van der Waals surface area contributed by atoms with Gasteiger partial charge >= 0.3 is 0 Å². The predicted octanol–water partition coefficient (Wildman–Crippen LogP) is 1.92. The fraction of sp³-hybridized carbons (Fsp3) is 0.750. The number of aryl methyl sites for hydroxylation is 2. The van der Waals surface area contributed by atoms with Crippen LogP contribution < -0.4 is 5.73 Å². The summed E-state index contributed by atoms with van der Waals surface area (Å²) in [5, 5.41) is 0. The highest BCUT2D eigenvalue weighted by atomic mass is 15.1. The van der Waals surface area contributed by atoms with Crippen molar-refractivity contribution < 1.29 is 0 Å². The van der Waals surface area contributed by atoms with Crippen molar-refractivity contribution >= 4 is 0 Å². The third kappa shape index (κ3) is 2.59. The van der Waals surface area contributed by atoms with Gasteiger partial charge in [-0.05, 0) is 25.8 Å². The molecule has 86 valence electrons. The Morgan fingerprint density at radius 2 is 1.87 bits per heavy atom. The van der Waals surface area contributed by atoms with Crippen LogP contribution in [0, 0.1) is 0 Å². The summed E-state index contributed by atoms with van der Waals surface area (Å²) in [6.45, 7) is 8.32. The second-order valence-electron chi connectivity index (χ2n) is 3.78. The van der Waals surface area contributed by atoms with E-state index in [-0.39, 0.29) is 0 Å². The smallest absolute Gasteiger partial charge is 0.108 e. The molecule has 0 unspecified atom stereocenters. The Balaban J connectivity index is 3.01. The van der Waals surface area contributed by atoms with Crippen molar-refractivity contribution in [3.63, 3.8) is 0 Å². The fourth-order valence-electron chi connectivity index (χ4n) is 2.05. The highest BCUT2D eigenvalue weighted by Gasteiger charge is 2.12. The molecular formula is C12H23N3. The molecule has 2 N–H and O–H groups in total. The molecule has 1 heterocycles. The minimum Gasteiger partial charge on any atom is -0.332 e. The normalized spacial score (nSPS) is 10.9. The Hall–Kier alpha value is -0.830. The van der Waals surface area contributed by atoms with Crippen molar-refractivity contribution in [3.05, 3.63) is 17.2 Å². The van der Waals surface area contributed by atoms with Crippen molar-refractivity contribution in [2.24, 2.45) is 5.73 Å². The van der Waals surface area contributed by atoms with Crippen LogP contribution >= 0.6 is 0 Å². The van der Waals surface area contributed by atoms with E-state index < -0.39 is 0 Å². The molecule has 1 aromatic heterocycles. The summed E-state index contributed by atoms with van der Waals surface area (Å²) in [6.07, 6.45) is 4.16. The van der Waals surface area contributed by atoms with Gasteiger partial charge in [-0.15, -0.1) is 0 Å². The van der Waals surface area contributed by atoms with E-state index in [0.29, 0.717) is 0 Å². The summed E-state index contributed by atoms with van der Waals surface area (Å²) >= 11 is 0. The number of nitrogens with two attached hydrogens (primary N) is 1. The third-order valence-corrected chi connectivity index (χ3v) is 2.81. The van der Waals surface area contributed by atoms with E-state index in [4.69, 9.17) is 10.7 Å². The minimum absolute atomic E-state index is 0.756. The van der Waals surface area contributed by atoms with Gasteiger partial charge in [-0.1, -0.05) is 20.8 Å². The van der Waals surface area contributed by atoms with Crippen molar-refractivity contribution in [3.8, 4) is 0 Å². The van der Waals surface area contributed by atoms with E-state index in [1.54, 1.807) is 0 Å². The summed E-state index contributed by atoms with van der Waals surface area (Å²) in [4.78, 5) is 4.69. The molecule has 0 bridgehead atoms. The summed E-state index contributed by atoms with van der Waals surface area (Å²) in [5.41, 5.74) is 8.24. The van der Waals surface area contributed by atoms with Gasteiger partial charge in [-0.2, -0.15) is 0 Å². The van der Waals surface area contributed by atoms with E-state index in [1.807, 2.05) is 0 Å². The first-order valence-corrected chi connectivity index (χ1v) is 6.05. The maximum absolute atomic E-state index is 5.56. The van der Waals surface area contributed by atoms with Crippen LogP contribution in [0.4, 0.5) is 0 Å². The lowest BCUT2D eigenvalue weighted by molar-refractivity contribution is 0.599. The number of rotatable bonds is 6.